The third kappa shape index (κ3) is 3.01. The average Bonchev–Trinajstić information content (AvgIpc) is 2.58. The van der Waals surface area contributed by atoms with Crippen LogP contribution in [-0.4, -0.2) is 25.7 Å². The van der Waals surface area contributed by atoms with Gasteiger partial charge >= 0.3 is 0 Å². The van der Waals surface area contributed by atoms with E-state index >= 15 is 0 Å². The molecule has 94 valence electrons. The van der Waals surface area contributed by atoms with Crippen molar-refractivity contribution in [2.45, 2.75) is 39.7 Å². The fraction of sp³-hybridized carbons (Fsp3) is 0.600. The number of benzene rings is 1. The molecule has 1 fully saturated rings. The predicted octanol–water partition coefficient (Wildman–Crippen LogP) is 2.88. The normalized spacial score (nSPS) is 21.4. The summed E-state index contributed by atoms with van der Waals surface area (Å²) in [6.07, 6.45) is 2.49. The van der Waals surface area contributed by atoms with Crippen LogP contribution in [0, 0.1) is 13.8 Å². The Labute approximate surface area is 105 Å². The third-order valence-corrected chi connectivity index (χ3v) is 3.91. The van der Waals surface area contributed by atoms with Gasteiger partial charge in [-0.25, -0.2) is 0 Å². The van der Waals surface area contributed by atoms with Crippen LogP contribution < -0.4 is 10.2 Å². The first-order valence-electron chi connectivity index (χ1n) is 6.76. The van der Waals surface area contributed by atoms with E-state index in [9.17, 15) is 0 Å². The maximum absolute atomic E-state index is 3.62. The van der Waals surface area contributed by atoms with E-state index in [0.29, 0.717) is 6.04 Å². The molecular formula is C15H24N2. The molecule has 2 rings (SSSR count). The third-order valence-electron chi connectivity index (χ3n) is 3.91. The van der Waals surface area contributed by atoms with Crippen molar-refractivity contribution in [2.75, 3.05) is 24.5 Å². The van der Waals surface area contributed by atoms with Crippen LogP contribution in [0.2, 0.25) is 0 Å². The summed E-state index contributed by atoms with van der Waals surface area (Å²) in [4.78, 5) is 2.51. The molecule has 0 amide bonds. The van der Waals surface area contributed by atoms with Crippen LogP contribution >= 0.6 is 0 Å². The van der Waals surface area contributed by atoms with Gasteiger partial charge in [0.15, 0.2) is 0 Å². The van der Waals surface area contributed by atoms with Crippen LogP contribution in [0.5, 0.6) is 0 Å². The van der Waals surface area contributed by atoms with Crippen molar-refractivity contribution < 1.29 is 0 Å². The quantitative estimate of drug-likeness (QED) is 0.843. The van der Waals surface area contributed by atoms with Gasteiger partial charge in [-0.05, 0) is 49.9 Å². The van der Waals surface area contributed by atoms with Crippen LogP contribution in [0.4, 0.5) is 5.69 Å². The number of anilines is 1. The van der Waals surface area contributed by atoms with Gasteiger partial charge in [-0.15, -0.1) is 0 Å². The van der Waals surface area contributed by atoms with E-state index in [4.69, 9.17) is 0 Å². The van der Waals surface area contributed by atoms with E-state index < -0.39 is 0 Å². The van der Waals surface area contributed by atoms with E-state index in [-0.39, 0.29) is 0 Å². The summed E-state index contributed by atoms with van der Waals surface area (Å²) >= 11 is 0. The average molecular weight is 232 g/mol. The molecule has 1 aromatic rings. The largest absolute Gasteiger partial charge is 0.370 e. The summed E-state index contributed by atoms with van der Waals surface area (Å²) < 4.78 is 0. The minimum atomic E-state index is 0.701. The molecule has 2 heteroatoms. The Bertz CT molecular complexity index is 373. The Kier molecular flexibility index (Phi) is 4.06. The van der Waals surface area contributed by atoms with Crippen molar-refractivity contribution in [3.05, 3.63) is 29.3 Å². The van der Waals surface area contributed by atoms with E-state index in [2.05, 4.69) is 49.2 Å². The topological polar surface area (TPSA) is 15.3 Å². The van der Waals surface area contributed by atoms with Gasteiger partial charge < -0.3 is 10.2 Å². The smallest absolute Gasteiger partial charge is 0.0369 e. The predicted molar refractivity (Wildman–Crippen MR) is 74.8 cm³/mol. The number of nitrogens with zero attached hydrogens (tertiary/aromatic N) is 1. The highest BCUT2D eigenvalue weighted by Gasteiger charge is 2.15. The Morgan fingerprint density at radius 3 is 2.76 bits per heavy atom. The zero-order valence-electron chi connectivity index (χ0n) is 11.3. The first kappa shape index (κ1) is 12.4. The first-order chi connectivity index (χ1) is 8.20. The molecular weight excluding hydrogens is 208 g/mol. The van der Waals surface area contributed by atoms with Crippen molar-refractivity contribution in [1.82, 2.24) is 5.32 Å². The molecule has 0 aliphatic carbocycles. The summed E-state index contributed by atoms with van der Waals surface area (Å²) in [5.41, 5.74) is 4.16. The van der Waals surface area contributed by atoms with Gasteiger partial charge in [-0.1, -0.05) is 13.0 Å². The van der Waals surface area contributed by atoms with Crippen LogP contribution in [0.25, 0.3) is 0 Å². The van der Waals surface area contributed by atoms with E-state index in [0.717, 1.165) is 13.1 Å². The lowest BCUT2D eigenvalue weighted by molar-refractivity contribution is 0.510. The molecule has 0 aromatic heterocycles. The second kappa shape index (κ2) is 5.54. The Hall–Kier alpha value is -1.02. The number of hydrogen-bond acceptors (Lipinski definition) is 2. The maximum atomic E-state index is 3.62. The van der Waals surface area contributed by atoms with Crippen molar-refractivity contribution in [1.29, 1.82) is 0 Å². The summed E-state index contributed by atoms with van der Waals surface area (Å²) in [5, 5.41) is 3.62. The second-order valence-corrected chi connectivity index (χ2v) is 5.10. The van der Waals surface area contributed by atoms with Gasteiger partial charge in [0, 0.05) is 31.4 Å². The lowest BCUT2D eigenvalue weighted by Crippen LogP contribution is -2.30. The standard InChI is InChI=1S/C15H24N2/c1-4-14-7-9-17(10-8-16-14)15-6-5-12(2)13(3)11-15/h5-6,11,14,16H,4,7-10H2,1-3H3. The molecule has 0 saturated carbocycles. The monoisotopic (exact) mass is 232 g/mol. The molecule has 1 aromatic carbocycles. The molecule has 1 heterocycles. The van der Waals surface area contributed by atoms with Gasteiger partial charge in [0.2, 0.25) is 0 Å². The highest BCUT2D eigenvalue weighted by Crippen LogP contribution is 2.20. The minimum absolute atomic E-state index is 0.701. The summed E-state index contributed by atoms with van der Waals surface area (Å²) in [6, 6.07) is 7.52. The van der Waals surface area contributed by atoms with Gasteiger partial charge in [0.1, 0.15) is 0 Å². The fourth-order valence-corrected chi connectivity index (χ4v) is 2.46. The Balaban J connectivity index is 2.08. The lowest BCUT2D eigenvalue weighted by atomic mass is 10.1. The molecule has 0 bridgehead atoms. The Morgan fingerprint density at radius 1 is 1.24 bits per heavy atom. The molecule has 1 N–H and O–H groups in total. The molecule has 1 saturated heterocycles. The van der Waals surface area contributed by atoms with Gasteiger partial charge in [0.05, 0.1) is 0 Å². The van der Waals surface area contributed by atoms with Crippen molar-refractivity contribution in [3.8, 4) is 0 Å². The minimum Gasteiger partial charge on any atom is -0.370 e. The van der Waals surface area contributed by atoms with Crippen molar-refractivity contribution >= 4 is 5.69 Å². The molecule has 17 heavy (non-hydrogen) atoms. The molecule has 1 atom stereocenters. The fourth-order valence-electron chi connectivity index (χ4n) is 2.46. The highest BCUT2D eigenvalue weighted by molar-refractivity contribution is 5.50. The van der Waals surface area contributed by atoms with Crippen molar-refractivity contribution in [2.24, 2.45) is 0 Å². The summed E-state index contributed by atoms with van der Waals surface area (Å²) in [7, 11) is 0. The van der Waals surface area contributed by atoms with Crippen molar-refractivity contribution in [3.63, 3.8) is 0 Å². The van der Waals surface area contributed by atoms with E-state index in [1.807, 2.05) is 0 Å². The molecule has 1 aliphatic heterocycles. The molecule has 2 nitrogen and oxygen atoms in total. The van der Waals surface area contributed by atoms with Gasteiger partial charge in [-0.2, -0.15) is 0 Å². The van der Waals surface area contributed by atoms with Crippen LogP contribution in [-0.2, 0) is 0 Å². The number of rotatable bonds is 2. The van der Waals surface area contributed by atoms with Crippen LogP contribution in [0.1, 0.15) is 30.9 Å². The first-order valence-corrected chi connectivity index (χ1v) is 6.76. The maximum Gasteiger partial charge on any atom is 0.0369 e. The summed E-state index contributed by atoms with van der Waals surface area (Å²) in [5.74, 6) is 0. The second-order valence-electron chi connectivity index (χ2n) is 5.10. The highest BCUT2D eigenvalue weighted by atomic mass is 15.2. The molecule has 0 spiro atoms. The molecule has 0 radical (unpaired) electrons. The molecule has 1 unspecified atom stereocenters. The Morgan fingerprint density at radius 2 is 2.06 bits per heavy atom. The van der Waals surface area contributed by atoms with Crippen LogP contribution in [0.15, 0.2) is 18.2 Å². The SMILES string of the molecule is CCC1CCN(c2ccc(C)c(C)c2)CCN1. The number of nitrogens with one attached hydrogen (secondary N) is 1. The number of aryl methyl sites for hydroxylation is 2. The van der Waals surface area contributed by atoms with E-state index in [1.54, 1.807) is 0 Å². The van der Waals surface area contributed by atoms with Gasteiger partial charge in [-0.3, -0.25) is 0 Å². The zero-order chi connectivity index (χ0) is 12.3. The van der Waals surface area contributed by atoms with Crippen LogP contribution in [0.3, 0.4) is 0 Å². The summed E-state index contributed by atoms with van der Waals surface area (Å²) in [6.45, 7) is 10.0. The molecule has 1 aliphatic rings. The lowest BCUT2D eigenvalue weighted by Gasteiger charge is -2.23. The van der Waals surface area contributed by atoms with E-state index in [1.165, 1.54) is 36.2 Å². The zero-order valence-corrected chi connectivity index (χ0v) is 11.3. The number of hydrogen-bond donors (Lipinski definition) is 1. The van der Waals surface area contributed by atoms with Gasteiger partial charge in [0.25, 0.3) is 0 Å².